The third-order valence-corrected chi connectivity index (χ3v) is 1.67. The van der Waals surface area contributed by atoms with E-state index in [0.29, 0.717) is 0 Å². The Labute approximate surface area is 93.7 Å². The number of amides is 1. The van der Waals surface area contributed by atoms with E-state index in [-0.39, 0.29) is 19.0 Å². The van der Waals surface area contributed by atoms with Gasteiger partial charge in [0, 0.05) is 11.9 Å². The highest BCUT2D eigenvalue weighted by molar-refractivity contribution is 5.72. The van der Waals surface area contributed by atoms with Crippen LogP contribution in [0.5, 0.6) is 0 Å². The van der Waals surface area contributed by atoms with Crippen LogP contribution in [0.1, 0.15) is 6.92 Å². The molecule has 1 rings (SSSR count). The van der Waals surface area contributed by atoms with Crippen molar-refractivity contribution in [3.05, 3.63) is 20.2 Å². The molecule has 0 spiro atoms. The Morgan fingerprint density at radius 2 is 2.06 bits per heavy atom. The van der Waals surface area contributed by atoms with Gasteiger partial charge in [-0.1, -0.05) is 4.68 Å². The van der Waals surface area contributed by atoms with Crippen molar-refractivity contribution in [2.75, 3.05) is 6.54 Å². The topological polar surface area (TPSA) is 146 Å². The second-order valence-corrected chi connectivity index (χ2v) is 2.93. The van der Waals surface area contributed by atoms with Crippen LogP contribution in [0.15, 0.2) is 0 Å². The zero-order valence-corrected chi connectivity index (χ0v) is 8.69. The summed E-state index contributed by atoms with van der Waals surface area (Å²) >= 11 is 0. The van der Waals surface area contributed by atoms with Gasteiger partial charge < -0.3 is 25.5 Å². The summed E-state index contributed by atoms with van der Waals surface area (Å²) in [6, 6.07) is 0. The number of nitro groups is 2. The highest BCUT2D eigenvalue weighted by Gasteiger charge is 2.27. The lowest BCUT2D eigenvalue weighted by Crippen LogP contribution is -2.25. The van der Waals surface area contributed by atoms with Gasteiger partial charge in [-0.15, -0.1) is 0 Å². The maximum Gasteiger partial charge on any atom is 0.508 e. The van der Waals surface area contributed by atoms with Crippen LogP contribution in [0.3, 0.4) is 0 Å². The molecule has 11 nitrogen and oxygen atoms in total. The van der Waals surface area contributed by atoms with Gasteiger partial charge in [0.2, 0.25) is 5.91 Å². The number of carbonyl (C=O) groups excluding carboxylic acids is 1. The van der Waals surface area contributed by atoms with E-state index in [1.165, 1.54) is 6.92 Å². The molecule has 0 saturated carbocycles. The summed E-state index contributed by atoms with van der Waals surface area (Å²) in [7, 11) is 0. The van der Waals surface area contributed by atoms with Crippen molar-refractivity contribution in [2.24, 2.45) is 0 Å². The third kappa shape index (κ3) is 3.19. The van der Waals surface area contributed by atoms with Gasteiger partial charge in [0.25, 0.3) is 0 Å². The van der Waals surface area contributed by atoms with Crippen molar-refractivity contribution < 1.29 is 14.6 Å². The normalized spacial score (nSPS) is 9.94. The highest BCUT2D eigenvalue weighted by atomic mass is 16.6. The average Bonchev–Trinajstić information content (AvgIpc) is 2.61. The zero-order valence-electron chi connectivity index (χ0n) is 8.69. The van der Waals surface area contributed by atoms with Gasteiger partial charge in [-0.2, -0.15) is 0 Å². The highest BCUT2D eigenvalue weighted by Crippen LogP contribution is 2.12. The molecule has 11 heteroatoms. The monoisotopic (exact) mass is 244 g/mol. The van der Waals surface area contributed by atoms with E-state index in [9.17, 15) is 25.0 Å². The first-order valence-electron chi connectivity index (χ1n) is 4.40. The Kier molecular flexibility index (Phi) is 3.64. The second-order valence-electron chi connectivity index (χ2n) is 2.93. The summed E-state index contributed by atoms with van der Waals surface area (Å²) < 4.78 is 0.758. The molecular weight excluding hydrogens is 236 g/mol. The maximum atomic E-state index is 10.6. The van der Waals surface area contributed by atoms with E-state index in [2.05, 4.69) is 15.4 Å². The summed E-state index contributed by atoms with van der Waals surface area (Å²) in [5.74, 6) is -1.90. The molecule has 1 heterocycles. The molecule has 92 valence electrons. The standard InChI is InChI=1S/C6H8N6O5/c1-4(13)7-2-3-10-6(12(16)17)8-5(9-10)11(14)15/h2-3H2,1H3,(H,7,13). The molecule has 1 aromatic heterocycles. The van der Waals surface area contributed by atoms with Crippen molar-refractivity contribution in [1.82, 2.24) is 20.1 Å². The van der Waals surface area contributed by atoms with Gasteiger partial charge in [-0.05, 0) is 9.85 Å². The van der Waals surface area contributed by atoms with Gasteiger partial charge in [-0.25, -0.2) is 0 Å². The number of hydrogen-bond donors (Lipinski definition) is 1. The number of nitrogens with one attached hydrogen (secondary N) is 1. The van der Waals surface area contributed by atoms with Crippen LogP contribution < -0.4 is 5.32 Å². The molecule has 1 amide bonds. The Hall–Kier alpha value is -2.59. The summed E-state index contributed by atoms with van der Waals surface area (Å²) in [4.78, 5) is 32.8. The van der Waals surface area contributed by atoms with Crippen LogP contribution in [0, 0.1) is 20.2 Å². The zero-order chi connectivity index (χ0) is 13.0. The first-order valence-corrected chi connectivity index (χ1v) is 4.40. The quantitative estimate of drug-likeness (QED) is 0.528. The van der Waals surface area contributed by atoms with Crippen LogP contribution in [0.25, 0.3) is 0 Å². The minimum absolute atomic E-state index is 0.0662. The van der Waals surface area contributed by atoms with Crippen molar-refractivity contribution in [1.29, 1.82) is 0 Å². The Balaban J connectivity index is 2.85. The molecule has 1 N–H and O–H groups in total. The van der Waals surface area contributed by atoms with Crippen LogP contribution in [-0.2, 0) is 11.3 Å². The van der Waals surface area contributed by atoms with Gasteiger partial charge in [0.15, 0.2) is 0 Å². The lowest BCUT2D eigenvalue weighted by molar-refractivity contribution is -0.404. The molecule has 0 fully saturated rings. The molecule has 0 aliphatic carbocycles. The molecule has 0 unspecified atom stereocenters. The van der Waals surface area contributed by atoms with E-state index in [4.69, 9.17) is 0 Å². The molecule has 0 bridgehead atoms. The fourth-order valence-electron chi connectivity index (χ4n) is 1.02. The second kappa shape index (κ2) is 4.96. The van der Waals surface area contributed by atoms with Gasteiger partial charge >= 0.3 is 11.9 Å². The van der Waals surface area contributed by atoms with Crippen LogP contribution in [-0.4, -0.2) is 37.1 Å². The molecule has 1 aromatic rings. The fourth-order valence-corrected chi connectivity index (χ4v) is 1.02. The molecule has 0 saturated heterocycles. The van der Waals surface area contributed by atoms with E-state index in [0.717, 1.165) is 4.68 Å². The predicted octanol–water partition coefficient (Wildman–Crippen LogP) is -0.769. The Morgan fingerprint density at radius 1 is 1.41 bits per heavy atom. The summed E-state index contributed by atoms with van der Waals surface area (Å²) in [5.41, 5.74) is 0. The molecule has 0 aromatic carbocycles. The van der Waals surface area contributed by atoms with Gasteiger partial charge in [0.05, 0.1) is 11.6 Å². The van der Waals surface area contributed by atoms with E-state index in [1.54, 1.807) is 0 Å². The van der Waals surface area contributed by atoms with Gasteiger partial charge in [-0.3, -0.25) is 4.79 Å². The number of rotatable bonds is 5. The van der Waals surface area contributed by atoms with Crippen molar-refractivity contribution >= 4 is 17.8 Å². The van der Waals surface area contributed by atoms with Crippen LogP contribution >= 0.6 is 0 Å². The minimum atomic E-state index is -0.929. The lowest BCUT2D eigenvalue weighted by atomic mass is 10.6. The third-order valence-electron chi connectivity index (χ3n) is 1.67. The largest absolute Gasteiger partial charge is 0.508 e. The molecule has 17 heavy (non-hydrogen) atoms. The predicted molar refractivity (Wildman–Crippen MR) is 52.0 cm³/mol. The minimum Gasteiger partial charge on any atom is -0.390 e. The number of nitrogens with zero attached hydrogens (tertiary/aromatic N) is 5. The summed E-state index contributed by atoms with van der Waals surface area (Å²) in [5, 5.41) is 26.6. The van der Waals surface area contributed by atoms with E-state index < -0.39 is 21.7 Å². The van der Waals surface area contributed by atoms with Crippen LogP contribution in [0.2, 0.25) is 0 Å². The van der Waals surface area contributed by atoms with E-state index in [1.807, 2.05) is 0 Å². The van der Waals surface area contributed by atoms with Gasteiger partial charge in [0.1, 0.15) is 6.54 Å². The maximum absolute atomic E-state index is 10.6. The van der Waals surface area contributed by atoms with Crippen molar-refractivity contribution in [3.8, 4) is 0 Å². The Bertz CT molecular complexity index is 467. The number of aromatic nitrogens is 3. The number of carbonyl (C=O) groups is 1. The lowest BCUT2D eigenvalue weighted by Gasteiger charge is -1.98. The van der Waals surface area contributed by atoms with Crippen LogP contribution in [0.4, 0.5) is 11.9 Å². The molecule has 0 radical (unpaired) electrons. The smallest absolute Gasteiger partial charge is 0.390 e. The molecule has 0 aliphatic rings. The Morgan fingerprint density at radius 3 is 2.53 bits per heavy atom. The molecule has 0 atom stereocenters. The SMILES string of the molecule is CC(=O)NCCn1nc([N+](=O)[O-])nc1[N+](=O)[O-]. The molecule has 0 aliphatic heterocycles. The van der Waals surface area contributed by atoms with Crippen molar-refractivity contribution in [2.45, 2.75) is 13.5 Å². The fraction of sp³-hybridized carbons (Fsp3) is 0.500. The molecular formula is C6H8N6O5. The van der Waals surface area contributed by atoms with Crippen molar-refractivity contribution in [3.63, 3.8) is 0 Å². The number of hydrogen-bond acceptors (Lipinski definition) is 7. The summed E-state index contributed by atoms with van der Waals surface area (Å²) in [6.07, 6.45) is 0. The average molecular weight is 244 g/mol. The first kappa shape index (κ1) is 12.5. The van der Waals surface area contributed by atoms with E-state index >= 15 is 0 Å². The summed E-state index contributed by atoms with van der Waals surface area (Å²) in [6.45, 7) is 1.27. The first-order chi connectivity index (χ1) is 7.91.